The lowest BCUT2D eigenvalue weighted by atomic mass is 10.1. The van der Waals surface area contributed by atoms with Crippen LogP contribution in [0.1, 0.15) is 11.3 Å². The highest BCUT2D eigenvalue weighted by Gasteiger charge is 2.18. The maximum Gasteiger partial charge on any atom is 0.349 e. The van der Waals surface area contributed by atoms with Crippen molar-refractivity contribution >= 4 is 34.1 Å². The van der Waals surface area contributed by atoms with Crippen LogP contribution in [0.15, 0.2) is 40.1 Å². The van der Waals surface area contributed by atoms with Crippen molar-refractivity contribution in [2.75, 3.05) is 0 Å². The highest BCUT2D eigenvalue weighted by Crippen LogP contribution is 2.34. The van der Waals surface area contributed by atoms with E-state index in [1.54, 1.807) is 31.3 Å². The first-order valence-corrected chi connectivity index (χ1v) is 8.87. The lowest BCUT2D eigenvalue weighted by molar-refractivity contribution is 0.472. The van der Waals surface area contributed by atoms with Crippen LogP contribution in [-0.4, -0.2) is 29.7 Å². The second-order valence-corrected chi connectivity index (χ2v) is 6.90. The zero-order valence-corrected chi connectivity index (χ0v) is 16.2. The average molecular weight is 429 g/mol. The number of hydrogen-bond donors (Lipinski definition) is 2. The normalized spacial score (nSPS) is 11.0. The molecule has 0 amide bonds. The molecular formula is C18H10Cl2N6O3. The largest absolute Gasteiger partial charge is 0.508 e. The van der Waals surface area contributed by atoms with Gasteiger partial charge in [0.15, 0.2) is 0 Å². The Labute approximate surface area is 172 Å². The molecule has 29 heavy (non-hydrogen) atoms. The Morgan fingerprint density at radius 1 is 1.17 bits per heavy atom. The summed E-state index contributed by atoms with van der Waals surface area (Å²) in [5.41, 5.74) is -0.362. The molecule has 0 aliphatic rings. The molecule has 0 atom stereocenters. The predicted molar refractivity (Wildman–Crippen MR) is 106 cm³/mol. The highest BCUT2D eigenvalue weighted by molar-refractivity contribution is 6.38. The van der Waals surface area contributed by atoms with Gasteiger partial charge in [-0.25, -0.2) is 9.48 Å². The van der Waals surface area contributed by atoms with Crippen molar-refractivity contribution in [2.24, 2.45) is 0 Å². The average Bonchev–Trinajstić information content (AvgIpc) is 3.08. The summed E-state index contributed by atoms with van der Waals surface area (Å²) >= 11 is 12.9. The number of nitriles is 1. The maximum atomic E-state index is 12.1. The third-order valence-electron chi connectivity index (χ3n) is 4.39. The van der Waals surface area contributed by atoms with Gasteiger partial charge in [0.25, 0.3) is 5.56 Å². The number of nitrogens with zero attached hydrogens (tertiary/aromatic N) is 5. The minimum atomic E-state index is -0.885. The lowest BCUT2D eigenvalue weighted by Gasteiger charge is -2.12. The standard InChI is InChI=1S/C18H10Cl2N6O3/c1-8-10-7-22-26(14(10)2-3-15(8)27)16-11(19)4-9(5-12(16)20)25-18(29)23-17(28)13(6-21)24-25/h2-5,7,27H,1H3,(H,23,28,29). The number of hydrogen-bond acceptors (Lipinski definition) is 6. The van der Waals surface area contributed by atoms with E-state index in [4.69, 9.17) is 28.5 Å². The van der Waals surface area contributed by atoms with E-state index in [9.17, 15) is 14.7 Å². The van der Waals surface area contributed by atoms with Crippen molar-refractivity contribution in [2.45, 2.75) is 6.92 Å². The van der Waals surface area contributed by atoms with E-state index in [-0.39, 0.29) is 21.5 Å². The summed E-state index contributed by atoms with van der Waals surface area (Å²) in [6.07, 6.45) is 1.58. The lowest BCUT2D eigenvalue weighted by Crippen LogP contribution is -2.33. The first-order chi connectivity index (χ1) is 13.8. The third kappa shape index (κ3) is 2.95. The number of aromatic hydroxyl groups is 1. The van der Waals surface area contributed by atoms with Gasteiger partial charge in [-0.2, -0.15) is 15.0 Å². The molecule has 0 fully saturated rings. The molecule has 4 aromatic rings. The van der Waals surface area contributed by atoms with Crippen molar-refractivity contribution in [3.63, 3.8) is 0 Å². The maximum absolute atomic E-state index is 12.1. The molecule has 0 radical (unpaired) electrons. The van der Waals surface area contributed by atoms with E-state index in [2.05, 4.69) is 10.2 Å². The van der Waals surface area contributed by atoms with Gasteiger partial charge in [-0.1, -0.05) is 23.2 Å². The zero-order chi connectivity index (χ0) is 20.9. The van der Waals surface area contributed by atoms with E-state index in [1.165, 1.54) is 16.8 Å². The minimum Gasteiger partial charge on any atom is -0.508 e. The fourth-order valence-electron chi connectivity index (χ4n) is 2.93. The van der Waals surface area contributed by atoms with Gasteiger partial charge in [-0.05, 0) is 31.2 Å². The number of halogens is 2. The molecule has 9 nitrogen and oxygen atoms in total. The van der Waals surface area contributed by atoms with Gasteiger partial charge in [0.05, 0.1) is 27.4 Å². The van der Waals surface area contributed by atoms with Gasteiger partial charge in [0.2, 0.25) is 5.69 Å². The third-order valence-corrected chi connectivity index (χ3v) is 4.96. The number of aryl methyl sites for hydroxylation is 1. The van der Waals surface area contributed by atoms with Gasteiger partial charge in [0.1, 0.15) is 17.5 Å². The number of fused-ring (bicyclic) bond motifs is 1. The van der Waals surface area contributed by atoms with Crippen LogP contribution in [0, 0.1) is 18.3 Å². The summed E-state index contributed by atoms with van der Waals surface area (Å²) in [6.45, 7) is 1.76. The first kappa shape index (κ1) is 18.7. The molecule has 2 N–H and O–H groups in total. The second-order valence-electron chi connectivity index (χ2n) is 6.09. The van der Waals surface area contributed by atoms with Crippen LogP contribution in [0.25, 0.3) is 22.3 Å². The van der Waals surface area contributed by atoms with E-state index in [0.29, 0.717) is 16.8 Å². The Morgan fingerprint density at radius 3 is 2.52 bits per heavy atom. The van der Waals surface area contributed by atoms with Crippen LogP contribution in [0.2, 0.25) is 10.0 Å². The Hall–Kier alpha value is -3.61. The van der Waals surface area contributed by atoms with E-state index >= 15 is 0 Å². The Kier molecular flexibility index (Phi) is 4.38. The van der Waals surface area contributed by atoms with Crippen LogP contribution in [0.3, 0.4) is 0 Å². The van der Waals surface area contributed by atoms with Crippen molar-refractivity contribution in [3.05, 3.63) is 72.6 Å². The number of rotatable bonds is 2. The molecule has 0 saturated carbocycles. The molecule has 0 aliphatic carbocycles. The number of nitrogens with one attached hydrogen (secondary N) is 1. The van der Waals surface area contributed by atoms with Crippen molar-refractivity contribution in [3.8, 4) is 23.2 Å². The number of phenols is 1. The molecule has 0 spiro atoms. The molecule has 4 rings (SSSR count). The van der Waals surface area contributed by atoms with E-state index in [1.807, 2.05) is 4.98 Å². The highest BCUT2D eigenvalue weighted by atomic mass is 35.5. The molecule has 2 aromatic carbocycles. The first-order valence-electron chi connectivity index (χ1n) is 8.11. The second kappa shape index (κ2) is 6.77. The van der Waals surface area contributed by atoms with Crippen LogP contribution in [-0.2, 0) is 0 Å². The quantitative estimate of drug-likeness (QED) is 0.504. The number of phenolic OH excluding ortho intramolecular Hbond substituents is 1. The summed E-state index contributed by atoms with van der Waals surface area (Å²) in [7, 11) is 0. The van der Waals surface area contributed by atoms with Crippen molar-refractivity contribution in [1.82, 2.24) is 24.5 Å². The number of aromatic amines is 1. The monoisotopic (exact) mass is 428 g/mol. The Morgan fingerprint density at radius 2 is 1.86 bits per heavy atom. The topological polar surface area (TPSA) is 130 Å². The molecule has 11 heteroatoms. The van der Waals surface area contributed by atoms with Gasteiger partial charge < -0.3 is 5.11 Å². The summed E-state index contributed by atoms with van der Waals surface area (Å²) in [5.74, 6) is 0.140. The van der Waals surface area contributed by atoms with Crippen LogP contribution in [0.4, 0.5) is 0 Å². The van der Waals surface area contributed by atoms with Gasteiger partial charge >= 0.3 is 5.69 Å². The fourth-order valence-corrected chi connectivity index (χ4v) is 3.57. The fraction of sp³-hybridized carbons (Fsp3) is 0.0556. The molecule has 0 aliphatic heterocycles. The van der Waals surface area contributed by atoms with Gasteiger partial charge in [0, 0.05) is 10.9 Å². The molecule has 2 aromatic heterocycles. The molecule has 144 valence electrons. The summed E-state index contributed by atoms with van der Waals surface area (Å²) in [6, 6.07) is 7.66. The molecule has 0 bridgehead atoms. The summed E-state index contributed by atoms with van der Waals surface area (Å²) in [5, 5.41) is 27.9. The van der Waals surface area contributed by atoms with Crippen molar-refractivity contribution < 1.29 is 5.11 Å². The minimum absolute atomic E-state index is 0.140. The van der Waals surface area contributed by atoms with E-state index in [0.717, 1.165) is 10.1 Å². The zero-order valence-electron chi connectivity index (χ0n) is 14.6. The van der Waals surface area contributed by atoms with Gasteiger partial charge in [-0.15, -0.1) is 5.10 Å². The molecule has 2 heterocycles. The SMILES string of the molecule is Cc1c(O)ccc2c1cnn2-c1c(Cl)cc(-n2nc(C#N)c(=O)[nH]c2=O)cc1Cl. The van der Waals surface area contributed by atoms with Crippen LogP contribution in [0.5, 0.6) is 5.75 Å². The van der Waals surface area contributed by atoms with Crippen LogP contribution < -0.4 is 11.2 Å². The predicted octanol–water partition coefficient (Wildman–Crippen LogP) is 2.45. The van der Waals surface area contributed by atoms with E-state index < -0.39 is 16.9 Å². The summed E-state index contributed by atoms with van der Waals surface area (Å²) < 4.78 is 2.34. The number of aromatic nitrogens is 5. The Bertz CT molecular complexity index is 1440. The van der Waals surface area contributed by atoms with Crippen molar-refractivity contribution in [1.29, 1.82) is 5.26 Å². The summed E-state index contributed by atoms with van der Waals surface area (Å²) in [4.78, 5) is 25.6. The number of benzene rings is 2. The van der Waals surface area contributed by atoms with Gasteiger partial charge in [-0.3, -0.25) is 9.78 Å². The number of H-pyrrole nitrogens is 1. The molecule has 0 saturated heterocycles. The Balaban J connectivity index is 1.93. The van der Waals surface area contributed by atoms with Crippen LogP contribution >= 0.6 is 23.2 Å². The molecule has 0 unspecified atom stereocenters. The smallest absolute Gasteiger partial charge is 0.349 e. The molecular weight excluding hydrogens is 419 g/mol.